The zero-order chi connectivity index (χ0) is 18.3. The summed E-state index contributed by atoms with van der Waals surface area (Å²) < 4.78 is 1.86. The highest BCUT2D eigenvalue weighted by Crippen LogP contribution is 2.55. The Labute approximate surface area is 155 Å². The van der Waals surface area contributed by atoms with Crippen LogP contribution in [0.3, 0.4) is 0 Å². The monoisotopic (exact) mass is 352 g/mol. The third-order valence-corrected chi connectivity index (χ3v) is 6.25. The number of aromatic nitrogens is 3. The molecule has 138 valence electrons. The molecule has 0 bridgehead atoms. The Bertz CT molecular complexity index is 785. The molecule has 26 heavy (non-hydrogen) atoms. The maximum Gasteiger partial charge on any atom is 0.222 e. The fraction of sp³-hybridized carbons (Fsp3) is 0.571. The summed E-state index contributed by atoms with van der Waals surface area (Å²) in [5.74, 6) is 3.60. The number of aryl methyl sites for hydroxylation is 2. The molecule has 0 spiro atoms. The van der Waals surface area contributed by atoms with Gasteiger partial charge < -0.3 is 5.32 Å². The van der Waals surface area contributed by atoms with E-state index in [0.29, 0.717) is 18.3 Å². The molecule has 1 heterocycles. The lowest BCUT2D eigenvalue weighted by Gasteiger charge is -2.50. The normalized spacial score (nSPS) is 28.3. The number of hydrogen-bond donors (Lipinski definition) is 1. The molecule has 0 unspecified atom stereocenters. The number of hydrogen-bond acceptors (Lipinski definition) is 3. The van der Waals surface area contributed by atoms with Crippen LogP contribution in [0.5, 0.6) is 0 Å². The van der Waals surface area contributed by atoms with E-state index in [4.69, 9.17) is 0 Å². The molecule has 5 atom stereocenters. The third-order valence-electron chi connectivity index (χ3n) is 6.25. The molecule has 1 aromatic carbocycles. The number of nitrogens with one attached hydrogen (secondary N) is 1. The van der Waals surface area contributed by atoms with Crippen molar-refractivity contribution in [3.8, 4) is 0 Å². The van der Waals surface area contributed by atoms with Gasteiger partial charge in [-0.1, -0.05) is 36.8 Å². The first kappa shape index (κ1) is 17.3. The molecule has 4 rings (SSSR count). The van der Waals surface area contributed by atoms with Crippen molar-refractivity contribution in [1.29, 1.82) is 0 Å². The summed E-state index contributed by atoms with van der Waals surface area (Å²) in [6.45, 7) is 5.86. The average Bonchev–Trinajstić information content (AvgIpc) is 3.17. The van der Waals surface area contributed by atoms with E-state index in [1.807, 2.05) is 25.5 Å². The van der Waals surface area contributed by atoms with Crippen molar-refractivity contribution in [2.75, 3.05) is 0 Å². The van der Waals surface area contributed by atoms with Crippen LogP contribution in [0.25, 0.3) is 0 Å². The molecular weight excluding hydrogens is 324 g/mol. The van der Waals surface area contributed by atoms with Crippen LogP contribution < -0.4 is 5.32 Å². The Morgan fingerprint density at radius 1 is 1.23 bits per heavy atom. The minimum Gasteiger partial charge on any atom is -0.352 e. The predicted molar refractivity (Wildman–Crippen MR) is 101 cm³/mol. The van der Waals surface area contributed by atoms with E-state index in [-0.39, 0.29) is 18.0 Å². The van der Waals surface area contributed by atoms with Gasteiger partial charge in [-0.15, -0.1) is 0 Å². The van der Waals surface area contributed by atoms with Crippen molar-refractivity contribution in [1.82, 2.24) is 20.1 Å². The molecule has 1 aromatic heterocycles. The summed E-state index contributed by atoms with van der Waals surface area (Å²) >= 11 is 0. The zero-order valence-corrected chi connectivity index (χ0v) is 15.9. The van der Waals surface area contributed by atoms with Gasteiger partial charge in [0.1, 0.15) is 11.6 Å². The topological polar surface area (TPSA) is 59.8 Å². The van der Waals surface area contributed by atoms with Gasteiger partial charge in [-0.05, 0) is 51.0 Å². The van der Waals surface area contributed by atoms with Gasteiger partial charge in [-0.3, -0.25) is 4.79 Å². The van der Waals surface area contributed by atoms with Crippen LogP contribution in [-0.4, -0.2) is 26.7 Å². The van der Waals surface area contributed by atoms with Gasteiger partial charge in [0.25, 0.3) is 0 Å². The Morgan fingerprint density at radius 3 is 2.65 bits per heavy atom. The van der Waals surface area contributed by atoms with Gasteiger partial charge >= 0.3 is 0 Å². The van der Waals surface area contributed by atoms with E-state index in [1.54, 1.807) is 0 Å². The fourth-order valence-electron chi connectivity index (χ4n) is 5.18. The van der Waals surface area contributed by atoms with Crippen LogP contribution in [0.1, 0.15) is 61.8 Å². The van der Waals surface area contributed by atoms with E-state index in [9.17, 15) is 4.79 Å². The summed E-state index contributed by atoms with van der Waals surface area (Å²) in [6.07, 6.45) is 4.28. The van der Waals surface area contributed by atoms with Gasteiger partial charge in [0.15, 0.2) is 0 Å². The first-order valence-corrected chi connectivity index (χ1v) is 9.78. The van der Waals surface area contributed by atoms with Crippen LogP contribution >= 0.6 is 0 Å². The van der Waals surface area contributed by atoms with Crippen molar-refractivity contribution >= 4 is 5.91 Å². The highest BCUT2D eigenvalue weighted by atomic mass is 16.1. The Morgan fingerprint density at radius 2 is 1.96 bits per heavy atom. The maximum absolute atomic E-state index is 12.7. The summed E-state index contributed by atoms with van der Waals surface area (Å²) in [5, 5.41) is 7.78. The second kappa shape index (κ2) is 6.86. The lowest BCUT2D eigenvalue weighted by atomic mass is 9.60. The third kappa shape index (κ3) is 3.04. The largest absolute Gasteiger partial charge is 0.352 e. The van der Waals surface area contributed by atoms with Crippen molar-refractivity contribution in [3.63, 3.8) is 0 Å². The zero-order valence-electron chi connectivity index (χ0n) is 15.9. The maximum atomic E-state index is 12.7. The first-order chi connectivity index (χ1) is 12.5. The number of rotatable bonds is 5. The van der Waals surface area contributed by atoms with Crippen LogP contribution in [0.15, 0.2) is 30.3 Å². The molecule has 2 aliphatic carbocycles. The number of nitrogens with zero attached hydrogens (tertiary/aromatic N) is 3. The molecule has 2 aromatic rings. The van der Waals surface area contributed by atoms with Crippen LogP contribution in [0.4, 0.5) is 0 Å². The predicted octanol–water partition coefficient (Wildman–Crippen LogP) is 3.54. The number of carbonyl (C=O) groups excluding carboxylic acids is 1. The van der Waals surface area contributed by atoms with Crippen LogP contribution in [0, 0.1) is 25.7 Å². The summed E-state index contributed by atoms with van der Waals surface area (Å²) in [5.41, 5.74) is 1.37. The summed E-state index contributed by atoms with van der Waals surface area (Å²) in [4.78, 5) is 17.1. The van der Waals surface area contributed by atoms with Gasteiger partial charge in [0.05, 0.1) is 6.04 Å². The number of benzene rings is 1. The molecule has 0 aliphatic heterocycles. The molecule has 0 saturated heterocycles. The number of fused-ring (bicyclic) bond motifs is 1. The molecule has 2 aliphatic rings. The quantitative estimate of drug-likeness (QED) is 0.895. The first-order valence-electron chi connectivity index (χ1n) is 9.78. The SMILES string of the molecule is Cc1nc(C)n([C@H](C)CC(=O)N[C@@H]2[C@@H]3CCC[C@H]3[C@H]2c2ccccc2)n1. The van der Waals surface area contributed by atoms with Crippen molar-refractivity contribution in [3.05, 3.63) is 47.5 Å². The number of carbonyl (C=O) groups is 1. The average molecular weight is 352 g/mol. The molecular formula is C21H28N4O. The molecule has 1 amide bonds. The lowest BCUT2D eigenvalue weighted by Crippen LogP contribution is -2.56. The standard InChI is InChI=1S/C21H28N4O/c1-13(25-15(3)22-14(2)24-25)12-19(26)23-21-18-11-7-10-17(18)20(21)16-8-5-4-6-9-16/h4-6,8-9,13,17-18,20-21H,7,10-12H2,1-3H3,(H,23,26)/t13-,17-,18-,20-,21-/m1/s1. The second-order valence-corrected chi connectivity index (χ2v) is 7.99. The minimum absolute atomic E-state index is 0.0193. The Hall–Kier alpha value is -2.17. The van der Waals surface area contributed by atoms with Gasteiger partial charge in [0, 0.05) is 18.4 Å². The van der Waals surface area contributed by atoms with E-state index < -0.39 is 0 Å². The fourth-order valence-corrected chi connectivity index (χ4v) is 5.18. The molecule has 2 fully saturated rings. The molecule has 2 saturated carbocycles. The van der Waals surface area contributed by atoms with Crippen molar-refractivity contribution in [2.24, 2.45) is 11.8 Å². The van der Waals surface area contributed by atoms with Gasteiger partial charge in [-0.2, -0.15) is 5.10 Å². The van der Waals surface area contributed by atoms with Gasteiger partial charge in [-0.25, -0.2) is 9.67 Å². The summed E-state index contributed by atoms with van der Waals surface area (Å²) in [6, 6.07) is 11.0. The molecule has 5 nitrogen and oxygen atoms in total. The van der Waals surface area contributed by atoms with Crippen molar-refractivity contribution in [2.45, 2.75) is 64.5 Å². The van der Waals surface area contributed by atoms with Crippen LogP contribution in [-0.2, 0) is 4.79 Å². The molecule has 5 heteroatoms. The highest BCUT2D eigenvalue weighted by Gasteiger charge is 2.53. The Balaban J connectivity index is 1.43. The molecule has 0 radical (unpaired) electrons. The van der Waals surface area contributed by atoms with Gasteiger partial charge in [0.2, 0.25) is 5.91 Å². The highest BCUT2D eigenvalue weighted by molar-refractivity contribution is 5.77. The molecule has 1 N–H and O–H groups in total. The smallest absolute Gasteiger partial charge is 0.222 e. The van der Waals surface area contributed by atoms with E-state index in [2.05, 4.69) is 45.7 Å². The van der Waals surface area contributed by atoms with E-state index in [1.165, 1.54) is 24.8 Å². The van der Waals surface area contributed by atoms with Crippen molar-refractivity contribution < 1.29 is 4.79 Å². The Kier molecular flexibility index (Phi) is 4.55. The van der Waals surface area contributed by atoms with Crippen LogP contribution in [0.2, 0.25) is 0 Å². The lowest BCUT2D eigenvalue weighted by molar-refractivity contribution is -0.124. The second-order valence-electron chi connectivity index (χ2n) is 7.99. The van der Waals surface area contributed by atoms with E-state index >= 15 is 0 Å². The number of amides is 1. The summed E-state index contributed by atoms with van der Waals surface area (Å²) in [7, 11) is 0. The minimum atomic E-state index is 0.0193. The van der Waals surface area contributed by atoms with E-state index in [0.717, 1.165) is 17.6 Å².